The maximum Gasteiger partial charge on any atom is 0.335 e. The van der Waals surface area contributed by atoms with Gasteiger partial charge in [0.05, 0.1) is 21.7 Å². The summed E-state index contributed by atoms with van der Waals surface area (Å²) in [5.74, 6) is -1.41. The number of aromatic carboxylic acids is 1. The van der Waals surface area contributed by atoms with Crippen LogP contribution in [0, 0.1) is 6.92 Å². The smallest absolute Gasteiger partial charge is 0.335 e. The first-order chi connectivity index (χ1) is 13.3. The van der Waals surface area contributed by atoms with Gasteiger partial charge in [0.2, 0.25) is 0 Å². The Morgan fingerprint density at radius 3 is 2.36 bits per heavy atom. The van der Waals surface area contributed by atoms with Crippen molar-refractivity contribution in [3.63, 3.8) is 0 Å². The number of carbonyl (C=O) groups is 2. The van der Waals surface area contributed by atoms with E-state index in [1.807, 2.05) is 0 Å². The van der Waals surface area contributed by atoms with Crippen molar-refractivity contribution in [2.24, 2.45) is 0 Å². The quantitative estimate of drug-likeness (QED) is 0.800. The van der Waals surface area contributed by atoms with Gasteiger partial charge in [0, 0.05) is 13.1 Å². The van der Waals surface area contributed by atoms with Gasteiger partial charge in [-0.3, -0.25) is 9.52 Å². The number of benzene rings is 2. The minimum Gasteiger partial charge on any atom is -0.478 e. The molecule has 0 spiro atoms. The molecule has 1 amide bonds. The standard InChI is InChI=1S/C20H22N2O5S/c1-14-9-10-15(13-17(14)20(24)25)28(26,27)21-18-8-4-3-7-16(18)19(23)22-11-5-2-6-12-22/h3-4,7-10,13,21H,2,5-6,11-12H2,1H3,(H,24,25). The topological polar surface area (TPSA) is 104 Å². The van der Waals surface area contributed by atoms with Crippen LogP contribution in [-0.4, -0.2) is 43.4 Å². The van der Waals surface area contributed by atoms with Crippen molar-refractivity contribution >= 4 is 27.6 Å². The maximum absolute atomic E-state index is 12.8. The molecule has 7 nitrogen and oxygen atoms in total. The number of para-hydroxylation sites is 1. The lowest BCUT2D eigenvalue weighted by molar-refractivity contribution is 0.0693. The van der Waals surface area contributed by atoms with Gasteiger partial charge in [0.25, 0.3) is 15.9 Å². The fourth-order valence-electron chi connectivity index (χ4n) is 3.23. The van der Waals surface area contributed by atoms with E-state index in [-0.39, 0.29) is 27.6 Å². The molecule has 1 aliphatic rings. The van der Waals surface area contributed by atoms with Gasteiger partial charge in [-0.1, -0.05) is 18.2 Å². The number of hydrogen-bond donors (Lipinski definition) is 2. The lowest BCUT2D eigenvalue weighted by Crippen LogP contribution is -2.36. The Labute approximate surface area is 164 Å². The van der Waals surface area contributed by atoms with Crippen LogP contribution in [0.3, 0.4) is 0 Å². The van der Waals surface area contributed by atoms with E-state index in [0.717, 1.165) is 25.3 Å². The largest absolute Gasteiger partial charge is 0.478 e. The average Bonchev–Trinajstić information content (AvgIpc) is 2.68. The summed E-state index contributed by atoms with van der Waals surface area (Å²) in [6, 6.07) is 10.4. The van der Waals surface area contributed by atoms with Gasteiger partial charge in [-0.25, -0.2) is 13.2 Å². The summed E-state index contributed by atoms with van der Waals surface area (Å²) in [7, 11) is -4.06. The van der Waals surface area contributed by atoms with Gasteiger partial charge >= 0.3 is 5.97 Å². The zero-order valence-electron chi connectivity index (χ0n) is 15.5. The normalized spacial score (nSPS) is 14.5. The lowest BCUT2D eigenvalue weighted by Gasteiger charge is -2.27. The number of carboxylic acids is 1. The summed E-state index contributed by atoms with van der Waals surface area (Å²) >= 11 is 0. The number of anilines is 1. The SMILES string of the molecule is Cc1ccc(S(=O)(=O)Nc2ccccc2C(=O)N2CCCCC2)cc1C(=O)O. The van der Waals surface area contributed by atoms with Crippen LogP contribution in [0.4, 0.5) is 5.69 Å². The number of nitrogens with zero attached hydrogens (tertiary/aromatic N) is 1. The minimum absolute atomic E-state index is 0.0828. The molecule has 0 bridgehead atoms. The summed E-state index contributed by atoms with van der Waals surface area (Å²) in [4.78, 5) is 25.7. The van der Waals surface area contributed by atoms with Gasteiger partial charge in [-0.05, 0) is 56.0 Å². The number of piperidine rings is 1. The monoisotopic (exact) mass is 402 g/mol. The number of sulfonamides is 1. The number of aryl methyl sites for hydroxylation is 1. The van der Waals surface area contributed by atoms with Crippen LogP contribution >= 0.6 is 0 Å². The molecule has 148 valence electrons. The van der Waals surface area contributed by atoms with E-state index < -0.39 is 16.0 Å². The number of likely N-dealkylation sites (tertiary alicyclic amines) is 1. The van der Waals surface area contributed by atoms with Crippen molar-refractivity contribution in [2.45, 2.75) is 31.1 Å². The molecule has 0 radical (unpaired) electrons. The predicted octanol–water partition coefficient (Wildman–Crippen LogP) is 3.12. The zero-order valence-corrected chi connectivity index (χ0v) is 16.3. The van der Waals surface area contributed by atoms with E-state index in [0.29, 0.717) is 18.7 Å². The molecule has 8 heteroatoms. The van der Waals surface area contributed by atoms with Crippen molar-refractivity contribution in [3.8, 4) is 0 Å². The first kappa shape index (κ1) is 19.9. The minimum atomic E-state index is -4.06. The molecule has 0 saturated carbocycles. The highest BCUT2D eigenvalue weighted by atomic mass is 32.2. The highest BCUT2D eigenvalue weighted by Crippen LogP contribution is 2.24. The van der Waals surface area contributed by atoms with Crippen molar-refractivity contribution in [2.75, 3.05) is 17.8 Å². The van der Waals surface area contributed by atoms with E-state index in [2.05, 4.69) is 4.72 Å². The molecule has 0 atom stereocenters. The van der Waals surface area contributed by atoms with E-state index in [1.54, 1.807) is 30.0 Å². The third-order valence-corrected chi connectivity index (χ3v) is 6.16. The Morgan fingerprint density at radius 2 is 1.68 bits per heavy atom. The van der Waals surface area contributed by atoms with Crippen LogP contribution < -0.4 is 4.72 Å². The number of rotatable bonds is 5. The van der Waals surface area contributed by atoms with Gasteiger partial charge in [0.15, 0.2) is 0 Å². The number of nitrogens with one attached hydrogen (secondary N) is 1. The van der Waals surface area contributed by atoms with Crippen LogP contribution in [0.1, 0.15) is 45.5 Å². The lowest BCUT2D eigenvalue weighted by atomic mass is 10.1. The van der Waals surface area contributed by atoms with Crippen LogP contribution in [0.2, 0.25) is 0 Å². The number of carboxylic acid groups (broad SMARTS) is 1. The molecule has 2 N–H and O–H groups in total. The van der Waals surface area contributed by atoms with Gasteiger partial charge in [-0.15, -0.1) is 0 Å². The molecule has 1 heterocycles. The fourth-order valence-corrected chi connectivity index (χ4v) is 4.33. The van der Waals surface area contributed by atoms with E-state index >= 15 is 0 Å². The van der Waals surface area contributed by atoms with Crippen molar-refractivity contribution in [3.05, 3.63) is 59.2 Å². The van der Waals surface area contributed by atoms with Crippen LogP contribution in [-0.2, 0) is 10.0 Å². The predicted molar refractivity (Wildman–Crippen MR) is 105 cm³/mol. The molecule has 1 aliphatic heterocycles. The van der Waals surface area contributed by atoms with Gasteiger partial charge < -0.3 is 10.0 Å². The van der Waals surface area contributed by atoms with E-state index in [1.165, 1.54) is 18.2 Å². The van der Waals surface area contributed by atoms with Crippen molar-refractivity contribution in [1.29, 1.82) is 0 Å². The Hall–Kier alpha value is -2.87. The highest BCUT2D eigenvalue weighted by Gasteiger charge is 2.24. The highest BCUT2D eigenvalue weighted by molar-refractivity contribution is 7.92. The zero-order chi connectivity index (χ0) is 20.3. The second kappa shape index (κ2) is 8.02. The Morgan fingerprint density at radius 1 is 1.00 bits per heavy atom. The molecule has 0 aliphatic carbocycles. The molecule has 0 aromatic heterocycles. The van der Waals surface area contributed by atoms with Gasteiger partial charge in [0.1, 0.15) is 0 Å². The first-order valence-electron chi connectivity index (χ1n) is 9.04. The third-order valence-electron chi connectivity index (χ3n) is 4.79. The number of amides is 1. The fraction of sp³-hybridized carbons (Fsp3) is 0.300. The molecule has 1 saturated heterocycles. The molecule has 2 aromatic carbocycles. The van der Waals surface area contributed by atoms with E-state index in [9.17, 15) is 23.1 Å². The summed E-state index contributed by atoms with van der Waals surface area (Å²) in [6.07, 6.45) is 2.94. The van der Waals surface area contributed by atoms with Crippen molar-refractivity contribution < 1.29 is 23.1 Å². The van der Waals surface area contributed by atoms with E-state index in [4.69, 9.17) is 0 Å². The van der Waals surface area contributed by atoms with Crippen LogP contribution in [0.5, 0.6) is 0 Å². The number of hydrogen-bond acceptors (Lipinski definition) is 4. The molecular formula is C20H22N2O5S. The van der Waals surface area contributed by atoms with Crippen molar-refractivity contribution in [1.82, 2.24) is 4.90 Å². The summed E-state index contributed by atoms with van der Waals surface area (Å²) in [5, 5.41) is 9.24. The maximum atomic E-state index is 12.8. The summed E-state index contributed by atoms with van der Waals surface area (Å²) in [6.45, 7) is 2.90. The first-order valence-corrected chi connectivity index (χ1v) is 10.5. The molecule has 28 heavy (non-hydrogen) atoms. The molecule has 0 unspecified atom stereocenters. The Balaban J connectivity index is 1.92. The molecule has 3 rings (SSSR count). The Kier molecular flexibility index (Phi) is 5.69. The van der Waals surface area contributed by atoms with Crippen LogP contribution in [0.25, 0.3) is 0 Å². The third kappa shape index (κ3) is 4.17. The molecular weight excluding hydrogens is 380 g/mol. The number of carbonyl (C=O) groups excluding carboxylic acids is 1. The Bertz CT molecular complexity index is 1010. The summed E-state index contributed by atoms with van der Waals surface area (Å²) in [5.41, 5.74) is 0.835. The molecule has 2 aromatic rings. The van der Waals surface area contributed by atoms with Crippen LogP contribution in [0.15, 0.2) is 47.4 Å². The average molecular weight is 402 g/mol. The second-order valence-corrected chi connectivity index (χ2v) is 8.47. The second-order valence-electron chi connectivity index (χ2n) is 6.79. The summed E-state index contributed by atoms with van der Waals surface area (Å²) < 4.78 is 28.1. The van der Waals surface area contributed by atoms with Gasteiger partial charge in [-0.2, -0.15) is 0 Å². The molecule has 1 fully saturated rings.